The number of para-hydroxylation sites is 1. The molecule has 110 valence electrons. The number of hydrogen-bond donors (Lipinski definition) is 1. The molecule has 0 radical (unpaired) electrons. The molecule has 0 aromatic heterocycles. The van der Waals surface area contributed by atoms with Crippen LogP contribution < -0.4 is 10.1 Å². The number of benzene rings is 1. The van der Waals surface area contributed by atoms with Crippen LogP contribution in [0, 0.1) is 0 Å². The van der Waals surface area contributed by atoms with Crippen molar-refractivity contribution >= 4 is 11.6 Å². The lowest BCUT2D eigenvalue weighted by molar-refractivity contribution is -0.688. The highest BCUT2D eigenvalue weighted by Crippen LogP contribution is 2.29. The molecular weight excluding hydrogens is 270 g/mol. The van der Waals surface area contributed by atoms with Gasteiger partial charge in [-0.2, -0.15) is 0 Å². The summed E-state index contributed by atoms with van der Waals surface area (Å²) in [4.78, 5) is 0. The maximum atomic E-state index is 6.21. The van der Waals surface area contributed by atoms with Crippen molar-refractivity contribution in [2.45, 2.75) is 44.6 Å². The van der Waals surface area contributed by atoms with Crippen molar-refractivity contribution in [1.82, 2.24) is 0 Å². The second-order valence-electron chi connectivity index (χ2n) is 5.49. The summed E-state index contributed by atoms with van der Waals surface area (Å²) in [6.07, 6.45) is 9.32. The first-order valence-corrected chi connectivity index (χ1v) is 8.03. The molecule has 0 unspecified atom stereocenters. The van der Waals surface area contributed by atoms with Crippen LogP contribution in [0.2, 0.25) is 5.02 Å². The van der Waals surface area contributed by atoms with E-state index in [1.807, 2.05) is 24.3 Å². The van der Waals surface area contributed by atoms with E-state index in [1.54, 1.807) is 0 Å². The Hall–Kier alpha value is -0.990. The minimum atomic E-state index is 0.698. The van der Waals surface area contributed by atoms with Gasteiger partial charge in [0.1, 0.15) is 5.75 Å². The molecule has 0 bridgehead atoms. The lowest BCUT2D eigenvalue weighted by atomic mass is 10.1. The van der Waals surface area contributed by atoms with E-state index in [9.17, 15) is 0 Å². The summed E-state index contributed by atoms with van der Waals surface area (Å²) in [5.41, 5.74) is 1.12. The zero-order valence-electron chi connectivity index (χ0n) is 12.1. The van der Waals surface area contributed by atoms with E-state index in [4.69, 9.17) is 16.3 Å². The van der Waals surface area contributed by atoms with Crippen LogP contribution in [0.25, 0.3) is 0 Å². The van der Waals surface area contributed by atoms with Crippen LogP contribution in [0.15, 0.2) is 30.9 Å². The Kier molecular flexibility index (Phi) is 6.41. The van der Waals surface area contributed by atoms with Gasteiger partial charge < -0.3 is 10.1 Å². The van der Waals surface area contributed by atoms with Crippen molar-refractivity contribution in [3.8, 4) is 5.75 Å². The van der Waals surface area contributed by atoms with E-state index in [0.29, 0.717) is 5.02 Å². The summed E-state index contributed by atoms with van der Waals surface area (Å²) in [7, 11) is 0. The maximum absolute atomic E-state index is 6.21. The molecule has 0 heterocycles. The maximum Gasteiger partial charge on any atom is 0.141 e. The summed E-state index contributed by atoms with van der Waals surface area (Å²) in [5, 5.41) is 3.18. The van der Waals surface area contributed by atoms with Gasteiger partial charge in [-0.1, -0.05) is 29.8 Å². The Labute approximate surface area is 127 Å². The molecule has 1 aromatic rings. The van der Waals surface area contributed by atoms with Gasteiger partial charge in [0.25, 0.3) is 0 Å². The predicted octanol–water partition coefficient (Wildman–Crippen LogP) is 3.34. The molecule has 1 fully saturated rings. The highest BCUT2D eigenvalue weighted by molar-refractivity contribution is 6.32. The summed E-state index contributed by atoms with van der Waals surface area (Å²) >= 11 is 6.21. The highest BCUT2D eigenvalue weighted by Gasteiger charge is 2.16. The zero-order chi connectivity index (χ0) is 14.2. The van der Waals surface area contributed by atoms with Crippen molar-refractivity contribution in [1.29, 1.82) is 0 Å². The monoisotopic (exact) mass is 294 g/mol. The highest BCUT2D eigenvalue weighted by atomic mass is 35.5. The van der Waals surface area contributed by atoms with Crippen molar-refractivity contribution < 1.29 is 10.1 Å². The Bertz CT molecular complexity index is 427. The summed E-state index contributed by atoms with van der Waals surface area (Å²) < 4.78 is 5.89. The molecule has 1 aliphatic carbocycles. The van der Waals surface area contributed by atoms with Crippen LogP contribution in [0.3, 0.4) is 0 Å². The number of allylic oxidation sites excluding steroid dienone is 1. The third-order valence-corrected chi connectivity index (χ3v) is 4.21. The Balaban J connectivity index is 1.74. The Morgan fingerprint density at radius 2 is 2.15 bits per heavy atom. The van der Waals surface area contributed by atoms with Gasteiger partial charge >= 0.3 is 0 Å². The third-order valence-electron chi connectivity index (χ3n) is 3.91. The normalized spacial score (nSPS) is 15.4. The average molecular weight is 295 g/mol. The smallest absolute Gasteiger partial charge is 0.141 e. The number of hydrogen-bond acceptors (Lipinski definition) is 1. The molecule has 0 saturated heterocycles. The van der Waals surface area contributed by atoms with E-state index in [-0.39, 0.29) is 0 Å². The second kappa shape index (κ2) is 8.33. The van der Waals surface area contributed by atoms with Crippen LogP contribution in [0.4, 0.5) is 0 Å². The number of quaternary nitrogens is 1. The Morgan fingerprint density at radius 3 is 2.90 bits per heavy atom. The van der Waals surface area contributed by atoms with E-state index in [2.05, 4.69) is 11.9 Å². The molecule has 2 nitrogen and oxygen atoms in total. The fourth-order valence-corrected chi connectivity index (χ4v) is 3.08. The quantitative estimate of drug-likeness (QED) is 0.577. The average Bonchev–Trinajstić information content (AvgIpc) is 2.94. The molecule has 0 aliphatic heterocycles. The second-order valence-corrected chi connectivity index (χ2v) is 5.90. The minimum absolute atomic E-state index is 0.698. The van der Waals surface area contributed by atoms with Crippen LogP contribution in [-0.2, 0) is 6.42 Å². The molecular formula is C17H25ClNO+. The lowest BCUT2D eigenvalue weighted by Gasteiger charge is -2.13. The van der Waals surface area contributed by atoms with Gasteiger partial charge in [-0.15, -0.1) is 6.58 Å². The van der Waals surface area contributed by atoms with E-state index in [1.165, 1.54) is 25.7 Å². The first-order chi connectivity index (χ1) is 9.81. The van der Waals surface area contributed by atoms with Crippen LogP contribution >= 0.6 is 11.6 Å². The number of nitrogens with two attached hydrogens (primary N) is 1. The zero-order valence-corrected chi connectivity index (χ0v) is 12.9. The van der Waals surface area contributed by atoms with Gasteiger partial charge in [0.15, 0.2) is 0 Å². The number of ether oxygens (including phenoxy) is 1. The van der Waals surface area contributed by atoms with Crippen molar-refractivity contribution in [2.24, 2.45) is 0 Å². The van der Waals surface area contributed by atoms with E-state index in [0.717, 1.165) is 43.3 Å². The topological polar surface area (TPSA) is 25.8 Å². The molecule has 20 heavy (non-hydrogen) atoms. The van der Waals surface area contributed by atoms with E-state index < -0.39 is 0 Å². The molecule has 0 amide bonds. The summed E-state index contributed by atoms with van der Waals surface area (Å²) in [5.74, 6) is 0.829. The van der Waals surface area contributed by atoms with Gasteiger partial charge in [-0.3, -0.25) is 0 Å². The third kappa shape index (κ3) is 4.53. The van der Waals surface area contributed by atoms with Gasteiger partial charge in [0.2, 0.25) is 0 Å². The SMILES string of the molecule is C=CCc1cccc(Cl)c1OCCC[NH2+]C1CCCC1. The molecule has 2 N–H and O–H groups in total. The summed E-state index contributed by atoms with van der Waals surface area (Å²) in [6, 6.07) is 6.75. The molecule has 1 aromatic carbocycles. The fourth-order valence-electron chi connectivity index (χ4n) is 2.84. The van der Waals surface area contributed by atoms with Crippen LogP contribution in [0.5, 0.6) is 5.75 Å². The van der Waals surface area contributed by atoms with Crippen molar-refractivity contribution in [2.75, 3.05) is 13.2 Å². The molecule has 3 heteroatoms. The molecule has 2 rings (SSSR count). The van der Waals surface area contributed by atoms with Gasteiger partial charge in [-0.25, -0.2) is 0 Å². The standard InChI is InChI=1S/C17H24ClNO/c1-2-7-14-8-5-11-16(18)17(14)20-13-6-12-19-15-9-3-4-10-15/h2,5,8,11,15,19H,1,3-4,6-7,9-10,12-13H2/p+1. The molecule has 1 saturated carbocycles. The molecule has 0 atom stereocenters. The fraction of sp³-hybridized carbons (Fsp3) is 0.529. The van der Waals surface area contributed by atoms with Gasteiger partial charge in [0.05, 0.1) is 24.2 Å². The lowest BCUT2D eigenvalue weighted by Crippen LogP contribution is -2.89. The van der Waals surface area contributed by atoms with Crippen molar-refractivity contribution in [3.63, 3.8) is 0 Å². The van der Waals surface area contributed by atoms with Gasteiger partial charge in [-0.05, 0) is 43.7 Å². The van der Waals surface area contributed by atoms with Gasteiger partial charge in [0, 0.05) is 6.42 Å². The molecule has 1 aliphatic rings. The minimum Gasteiger partial charge on any atom is -0.491 e. The molecule has 0 spiro atoms. The number of rotatable bonds is 8. The largest absolute Gasteiger partial charge is 0.491 e. The first-order valence-electron chi connectivity index (χ1n) is 7.65. The van der Waals surface area contributed by atoms with E-state index >= 15 is 0 Å². The first kappa shape index (κ1) is 15.4. The van der Waals surface area contributed by atoms with Crippen LogP contribution in [0.1, 0.15) is 37.7 Å². The number of halogens is 1. The summed E-state index contributed by atoms with van der Waals surface area (Å²) in [6.45, 7) is 5.65. The Morgan fingerprint density at radius 1 is 1.35 bits per heavy atom. The predicted molar refractivity (Wildman–Crippen MR) is 84.5 cm³/mol. The van der Waals surface area contributed by atoms with Crippen molar-refractivity contribution in [3.05, 3.63) is 41.4 Å². The van der Waals surface area contributed by atoms with Crippen LogP contribution in [-0.4, -0.2) is 19.2 Å².